The second-order valence-electron chi connectivity index (χ2n) is 6.66. The van der Waals surface area contributed by atoms with Gasteiger partial charge in [0.15, 0.2) is 17.5 Å². The van der Waals surface area contributed by atoms with E-state index in [0.717, 1.165) is 60.4 Å². The number of rotatable bonds is 8. The molecule has 3 aromatic rings. The molecule has 0 aliphatic rings. The molecule has 0 aliphatic heterocycles. The Kier molecular flexibility index (Phi) is 6.94. The van der Waals surface area contributed by atoms with Crippen LogP contribution in [0.2, 0.25) is 0 Å². The quantitative estimate of drug-likeness (QED) is 0.453. The maximum absolute atomic E-state index is 5.37. The van der Waals surface area contributed by atoms with Gasteiger partial charge in [0.2, 0.25) is 0 Å². The van der Waals surface area contributed by atoms with Crippen molar-refractivity contribution in [2.45, 2.75) is 19.9 Å². The standard InChI is InChI=1S/C22H29N5O2/c1-16-26-18-7-5-6-8-19(18)27(16)14-13-25-22(23-2)24-12-11-17-9-10-20(28-3)21(15-17)29-4/h5-10,15H,11-14H2,1-4H3,(H2,23,24,25). The van der Waals surface area contributed by atoms with Crippen LogP contribution in [-0.2, 0) is 13.0 Å². The zero-order valence-electron chi connectivity index (χ0n) is 17.5. The molecular formula is C22H29N5O2. The Bertz CT molecular complexity index is 980. The van der Waals surface area contributed by atoms with E-state index in [4.69, 9.17) is 9.47 Å². The summed E-state index contributed by atoms with van der Waals surface area (Å²) in [4.78, 5) is 8.92. The largest absolute Gasteiger partial charge is 0.493 e. The van der Waals surface area contributed by atoms with Crippen LogP contribution in [0.25, 0.3) is 11.0 Å². The number of aromatic nitrogens is 2. The number of para-hydroxylation sites is 2. The molecule has 7 heteroatoms. The topological polar surface area (TPSA) is 72.7 Å². The number of fused-ring (bicyclic) bond motifs is 1. The van der Waals surface area contributed by atoms with Gasteiger partial charge in [-0.15, -0.1) is 0 Å². The highest BCUT2D eigenvalue weighted by molar-refractivity contribution is 5.79. The lowest BCUT2D eigenvalue weighted by atomic mass is 10.1. The van der Waals surface area contributed by atoms with Crippen molar-refractivity contribution in [1.29, 1.82) is 0 Å². The molecule has 3 rings (SSSR count). The van der Waals surface area contributed by atoms with Gasteiger partial charge in [-0.05, 0) is 43.2 Å². The van der Waals surface area contributed by atoms with E-state index in [0.29, 0.717) is 0 Å². The maximum atomic E-state index is 5.37. The zero-order chi connectivity index (χ0) is 20.6. The number of ether oxygens (including phenoxy) is 2. The van der Waals surface area contributed by atoms with Gasteiger partial charge in [0.25, 0.3) is 0 Å². The smallest absolute Gasteiger partial charge is 0.191 e. The number of aliphatic imine (C=N–C) groups is 1. The van der Waals surface area contributed by atoms with Gasteiger partial charge < -0.3 is 24.7 Å². The fourth-order valence-corrected chi connectivity index (χ4v) is 3.35. The summed E-state index contributed by atoms with van der Waals surface area (Å²) in [6.07, 6.45) is 0.853. The van der Waals surface area contributed by atoms with Crippen molar-refractivity contribution < 1.29 is 9.47 Å². The highest BCUT2D eigenvalue weighted by atomic mass is 16.5. The summed E-state index contributed by atoms with van der Waals surface area (Å²) >= 11 is 0. The molecule has 0 saturated heterocycles. The number of hydrogen-bond donors (Lipinski definition) is 2. The SMILES string of the molecule is CN=C(NCCc1ccc(OC)c(OC)c1)NCCn1c(C)nc2ccccc21. The van der Waals surface area contributed by atoms with Gasteiger partial charge in [-0.3, -0.25) is 4.99 Å². The van der Waals surface area contributed by atoms with Crippen molar-refractivity contribution in [3.05, 3.63) is 53.9 Å². The minimum absolute atomic E-state index is 0.740. The average molecular weight is 396 g/mol. The van der Waals surface area contributed by atoms with Gasteiger partial charge >= 0.3 is 0 Å². The lowest BCUT2D eigenvalue weighted by molar-refractivity contribution is 0.354. The third kappa shape index (κ3) is 4.99. The van der Waals surface area contributed by atoms with Gasteiger partial charge in [-0.1, -0.05) is 18.2 Å². The van der Waals surface area contributed by atoms with E-state index in [1.807, 2.05) is 43.3 Å². The van der Waals surface area contributed by atoms with Crippen LogP contribution in [0.15, 0.2) is 47.5 Å². The minimum atomic E-state index is 0.740. The van der Waals surface area contributed by atoms with Crippen LogP contribution in [0.4, 0.5) is 0 Å². The molecule has 0 amide bonds. The van der Waals surface area contributed by atoms with Crippen molar-refractivity contribution in [1.82, 2.24) is 20.2 Å². The molecule has 0 bridgehead atoms. The number of methoxy groups -OCH3 is 2. The Morgan fingerprint density at radius 2 is 1.79 bits per heavy atom. The Hall–Kier alpha value is -3.22. The van der Waals surface area contributed by atoms with E-state index < -0.39 is 0 Å². The highest BCUT2D eigenvalue weighted by Gasteiger charge is 2.07. The number of guanidine groups is 1. The van der Waals surface area contributed by atoms with E-state index in [1.54, 1.807) is 21.3 Å². The van der Waals surface area contributed by atoms with E-state index in [1.165, 1.54) is 5.56 Å². The lowest BCUT2D eigenvalue weighted by Crippen LogP contribution is -2.39. The van der Waals surface area contributed by atoms with Gasteiger partial charge in [-0.25, -0.2) is 4.98 Å². The van der Waals surface area contributed by atoms with E-state index >= 15 is 0 Å². The predicted octanol–water partition coefficient (Wildman–Crippen LogP) is 2.77. The number of hydrogen-bond acceptors (Lipinski definition) is 4. The molecular weight excluding hydrogens is 366 g/mol. The van der Waals surface area contributed by atoms with Crippen LogP contribution in [0.1, 0.15) is 11.4 Å². The highest BCUT2D eigenvalue weighted by Crippen LogP contribution is 2.27. The summed E-state index contributed by atoms with van der Waals surface area (Å²) in [5.41, 5.74) is 3.36. The molecule has 154 valence electrons. The summed E-state index contributed by atoms with van der Waals surface area (Å²) in [5.74, 6) is 3.29. The number of benzene rings is 2. The number of nitrogens with zero attached hydrogens (tertiary/aromatic N) is 3. The molecule has 0 unspecified atom stereocenters. The first-order valence-electron chi connectivity index (χ1n) is 9.73. The number of aryl methyl sites for hydroxylation is 1. The Balaban J connectivity index is 1.49. The fraction of sp³-hybridized carbons (Fsp3) is 0.364. The van der Waals surface area contributed by atoms with Crippen molar-refractivity contribution in [2.24, 2.45) is 4.99 Å². The Morgan fingerprint density at radius 1 is 1.03 bits per heavy atom. The van der Waals surface area contributed by atoms with Crippen LogP contribution >= 0.6 is 0 Å². The second kappa shape index (κ2) is 9.82. The first-order chi connectivity index (χ1) is 14.2. The zero-order valence-corrected chi connectivity index (χ0v) is 17.5. The Morgan fingerprint density at radius 3 is 2.55 bits per heavy atom. The molecule has 29 heavy (non-hydrogen) atoms. The minimum Gasteiger partial charge on any atom is -0.493 e. The van der Waals surface area contributed by atoms with Crippen LogP contribution in [0.5, 0.6) is 11.5 Å². The molecule has 1 aromatic heterocycles. The first kappa shape index (κ1) is 20.5. The van der Waals surface area contributed by atoms with Crippen molar-refractivity contribution in [3.8, 4) is 11.5 Å². The lowest BCUT2D eigenvalue weighted by Gasteiger charge is -2.14. The molecule has 7 nitrogen and oxygen atoms in total. The molecule has 0 radical (unpaired) electrons. The van der Waals surface area contributed by atoms with Crippen molar-refractivity contribution in [3.63, 3.8) is 0 Å². The number of nitrogens with one attached hydrogen (secondary N) is 2. The summed E-state index contributed by atoms with van der Waals surface area (Å²) in [6, 6.07) is 14.2. The first-order valence-corrected chi connectivity index (χ1v) is 9.73. The molecule has 1 heterocycles. The molecule has 0 fully saturated rings. The average Bonchev–Trinajstić information content (AvgIpc) is 3.07. The van der Waals surface area contributed by atoms with Crippen LogP contribution in [0.3, 0.4) is 0 Å². The molecule has 0 spiro atoms. The van der Waals surface area contributed by atoms with Crippen molar-refractivity contribution in [2.75, 3.05) is 34.4 Å². The van der Waals surface area contributed by atoms with Crippen LogP contribution in [0, 0.1) is 6.92 Å². The third-order valence-corrected chi connectivity index (χ3v) is 4.85. The number of imidazole rings is 1. The monoisotopic (exact) mass is 395 g/mol. The van der Waals surface area contributed by atoms with Crippen LogP contribution < -0.4 is 20.1 Å². The summed E-state index contributed by atoms with van der Waals surface area (Å²) in [5, 5.41) is 6.73. The normalized spacial score (nSPS) is 11.5. The summed E-state index contributed by atoms with van der Waals surface area (Å²) in [7, 11) is 5.07. The molecule has 2 N–H and O–H groups in total. The molecule has 0 aliphatic carbocycles. The predicted molar refractivity (Wildman–Crippen MR) is 117 cm³/mol. The van der Waals surface area contributed by atoms with Gasteiger partial charge in [-0.2, -0.15) is 0 Å². The maximum Gasteiger partial charge on any atom is 0.191 e. The van der Waals surface area contributed by atoms with Crippen LogP contribution in [-0.4, -0.2) is 49.9 Å². The fourth-order valence-electron chi connectivity index (χ4n) is 3.35. The van der Waals surface area contributed by atoms with Gasteiger partial charge in [0.1, 0.15) is 5.82 Å². The van der Waals surface area contributed by atoms with E-state index in [9.17, 15) is 0 Å². The third-order valence-electron chi connectivity index (χ3n) is 4.85. The van der Waals surface area contributed by atoms with E-state index in [2.05, 4.69) is 31.2 Å². The van der Waals surface area contributed by atoms with E-state index in [-0.39, 0.29) is 0 Å². The molecule has 2 aromatic carbocycles. The van der Waals surface area contributed by atoms with Gasteiger partial charge in [0.05, 0.1) is 25.3 Å². The second-order valence-corrected chi connectivity index (χ2v) is 6.66. The van der Waals surface area contributed by atoms with Crippen molar-refractivity contribution >= 4 is 17.0 Å². The molecule has 0 atom stereocenters. The van der Waals surface area contributed by atoms with Gasteiger partial charge in [0, 0.05) is 26.7 Å². The molecule has 0 saturated carbocycles. The summed E-state index contributed by atoms with van der Waals surface area (Å²) in [6.45, 7) is 4.39. The Labute approximate surface area is 171 Å². The summed E-state index contributed by atoms with van der Waals surface area (Å²) < 4.78 is 12.9.